The molecule has 0 bridgehead atoms. The number of methoxy groups -OCH3 is 2. The smallest absolute Gasteiger partial charge is 0.410 e. The van der Waals surface area contributed by atoms with Crippen LogP contribution in [0.25, 0.3) is 16.7 Å². The van der Waals surface area contributed by atoms with Gasteiger partial charge in [-0.25, -0.2) is 9.59 Å². The highest BCUT2D eigenvalue weighted by atomic mass is 16.6. The van der Waals surface area contributed by atoms with Crippen molar-refractivity contribution in [1.82, 2.24) is 4.90 Å². The van der Waals surface area contributed by atoms with Crippen LogP contribution in [0.1, 0.15) is 32.8 Å². The van der Waals surface area contributed by atoms with Crippen molar-refractivity contribution in [3.05, 3.63) is 59.7 Å². The average Bonchev–Trinajstić information content (AvgIpc) is 2.77. The quantitative estimate of drug-likeness (QED) is 0.653. The van der Waals surface area contributed by atoms with Crippen molar-refractivity contribution < 1.29 is 23.8 Å². The third kappa shape index (κ3) is 5.26. The zero-order valence-corrected chi connectivity index (χ0v) is 18.7. The Kier molecular flexibility index (Phi) is 6.68. The molecule has 3 rings (SSSR count). The third-order valence-corrected chi connectivity index (χ3v) is 5.06. The number of nitrogens with zero attached hydrogens (tertiary/aromatic N) is 1. The normalized spacial score (nSPS) is 14.3. The van der Waals surface area contributed by atoms with Gasteiger partial charge in [0.25, 0.3) is 0 Å². The number of carbonyl (C=O) groups is 2. The first-order valence-electron chi connectivity index (χ1n) is 10.3. The molecule has 6 nitrogen and oxygen atoms in total. The third-order valence-electron chi connectivity index (χ3n) is 5.06. The molecular weight excluding hydrogens is 394 g/mol. The molecule has 31 heavy (non-hydrogen) atoms. The van der Waals surface area contributed by atoms with Gasteiger partial charge in [-0.15, -0.1) is 0 Å². The Hall–Kier alpha value is -3.28. The number of ether oxygens (including phenoxy) is 3. The Balaban J connectivity index is 2.04. The van der Waals surface area contributed by atoms with Gasteiger partial charge in [0.2, 0.25) is 0 Å². The predicted octanol–water partition coefficient (Wildman–Crippen LogP) is 4.93. The van der Waals surface area contributed by atoms with Gasteiger partial charge in [0, 0.05) is 12.1 Å². The summed E-state index contributed by atoms with van der Waals surface area (Å²) in [4.78, 5) is 26.8. The zero-order chi connectivity index (χ0) is 22.6. The van der Waals surface area contributed by atoms with Crippen LogP contribution in [0.4, 0.5) is 4.79 Å². The van der Waals surface area contributed by atoms with Gasteiger partial charge in [-0.3, -0.25) is 0 Å². The van der Waals surface area contributed by atoms with Crippen molar-refractivity contribution >= 4 is 17.6 Å². The van der Waals surface area contributed by atoms with Gasteiger partial charge in [-0.2, -0.15) is 0 Å². The summed E-state index contributed by atoms with van der Waals surface area (Å²) in [5.41, 5.74) is 3.55. The standard InChI is InChI=1S/C25H29NO5/c1-25(2,3)31-24(28)26-14-13-19(21(16-26)23(27)30-5)20-15-18(11-12-22(20)29-4)17-9-7-6-8-10-17/h6-12,15H,13-14,16H2,1-5H3. The molecule has 0 saturated heterocycles. The van der Waals surface area contributed by atoms with Crippen LogP contribution in [0.3, 0.4) is 0 Å². The van der Waals surface area contributed by atoms with Gasteiger partial charge in [0.1, 0.15) is 11.4 Å². The minimum absolute atomic E-state index is 0.121. The number of benzene rings is 2. The van der Waals surface area contributed by atoms with Crippen LogP contribution in [0.2, 0.25) is 0 Å². The molecule has 0 radical (unpaired) electrons. The lowest BCUT2D eigenvalue weighted by atomic mass is 9.90. The van der Waals surface area contributed by atoms with Gasteiger partial charge < -0.3 is 19.1 Å². The van der Waals surface area contributed by atoms with Crippen molar-refractivity contribution in [2.24, 2.45) is 0 Å². The van der Waals surface area contributed by atoms with Gasteiger partial charge in [-0.1, -0.05) is 36.4 Å². The monoisotopic (exact) mass is 423 g/mol. The van der Waals surface area contributed by atoms with Gasteiger partial charge in [-0.05, 0) is 56.0 Å². The van der Waals surface area contributed by atoms with Crippen LogP contribution in [0.5, 0.6) is 5.75 Å². The van der Waals surface area contributed by atoms with E-state index in [4.69, 9.17) is 14.2 Å². The second-order valence-corrected chi connectivity index (χ2v) is 8.38. The molecule has 0 saturated carbocycles. The van der Waals surface area contributed by atoms with E-state index in [-0.39, 0.29) is 6.54 Å². The molecule has 2 aromatic rings. The van der Waals surface area contributed by atoms with Gasteiger partial charge in [0.15, 0.2) is 0 Å². The summed E-state index contributed by atoms with van der Waals surface area (Å²) in [7, 11) is 2.95. The number of hydrogen-bond donors (Lipinski definition) is 0. The fraction of sp³-hybridized carbons (Fsp3) is 0.360. The van der Waals surface area contributed by atoms with E-state index in [2.05, 4.69) is 0 Å². The number of carbonyl (C=O) groups excluding carboxylic acids is 2. The van der Waals surface area contributed by atoms with Crippen LogP contribution in [-0.2, 0) is 14.3 Å². The zero-order valence-electron chi connectivity index (χ0n) is 18.7. The summed E-state index contributed by atoms with van der Waals surface area (Å²) >= 11 is 0. The molecule has 2 aromatic carbocycles. The minimum Gasteiger partial charge on any atom is -0.496 e. The lowest BCUT2D eigenvalue weighted by Crippen LogP contribution is -2.42. The van der Waals surface area contributed by atoms with E-state index < -0.39 is 17.7 Å². The Morgan fingerprint density at radius 3 is 2.29 bits per heavy atom. The van der Waals surface area contributed by atoms with E-state index in [9.17, 15) is 9.59 Å². The summed E-state index contributed by atoms with van der Waals surface area (Å²) in [6.45, 7) is 6.00. The summed E-state index contributed by atoms with van der Waals surface area (Å²) in [6.07, 6.45) is 0.0381. The van der Waals surface area contributed by atoms with E-state index in [1.165, 1.54) is 12.0 Å². The Morgan fingerprint density at radius 1 is 0.968 bits per heavy atom. The van der Waals surface area contributed by atoms with Crippen LogP contribution < -0.4 is 4.74 Å². The highest BCUT2D eigenvalue weighted by molar-refractivity contribution is 6.00. The minimum atomic E-state index is -0.611. The lowest BCUT2D eigenvalue weighted by molar-refractivity contribution is -0.136. The van der Waals surface area contributed by atoms with Crippen molar-refractivity contribution in [3.8, 4) is 16.9 Å². The summed E-state index contributed by atoms with van der Waals surface area (Å²) in [5, 5.41) is 0. The highest BCUT2D eigenvalue weighted by Gasteiger charge is 2.31. The lowest BCUT2D eigenvalue weighted by Gasteiger charge is -2.32. The molecule has 6 heteroatoms. The SMILES string of the molecule is COC(=O)C1=C(c2cc(-c3ccccc3)ccc2OC)CCN(C(=O)OC(C)(C)C)C1. The number of amides is 1. The second-order valence-electron chi connectivity index (χ2n) is 8.38. The summed E-state index contributed by atoms with van der Waals surface area (Å²) in [6, 6.07) is 15.9. The van der Waals surface area contributed by atoms with Crippen LogP contribution in [0.15, 0.2) is 54.1 Å². The molecule has 0 atom stereocenters. The van der Waals surface area contributed by atoms with E-state index >= 15 is 0 Å². The predicted molar refractivity (Wildman–Crippen MR) is 120 cm³/mol. The Bertz CT molecular complexity index is 989. The van der Waals surface area contributed by atoms with Crippen molar-refractivity contribution in [2.45, 2.75) is 32.8 Å². The van der Waals surface area contributed by atoms with Crippen molar-refractivity contribution in [3.63, 3.8) is 0 Å². The molecule has 164 valence electrons. The highest BCUT2D eigenvalue weighted by Crippen LogP contribution is 2.37. The molecule has 1 aliphatic rings. The van der Waals surface area contributed by atoms with E-state index in [0.717, 1.165) is 22.3 Å². The molecule has 0 unspecified atom stereocenters. The number of hydrogen-bond acceptors (Lipinski definition) is 5. The molecule has 0 spiro atoms. The van der Waals surface area contributed by atoms with E-state index in [1.807, 2.05) is 69.3 Å². The first-order chi connectivity index (χ1) is 14.7. The van der Waals surface area contributed by atoms with Crippen LogP contribution >= 0.6 is 0 Å². The summed E-state index contributed by atoms with van der Waals surface area (Å²) in [5.74, 6) is 0.206. The Morgan fingerprint density at radius 2 is 1.68 bits per heavy atom. The van der Waals surface area contributed by atoms with Gasteiger partial charge in [0.05, 0.1) is 26.3 Å². The number of rotatable bonds is 4. The topological polar surface area (TPSA) is 65.1 Å². The fourth-order valence-corrected chi connectivity index (χ4v) is 3.61. The van der Waals surface area contributed by atoms with Crippen LogP contribution in [-0.4, -0.2) is 49.9 Å². The maximum absolute atomic E-state index is 12.7. The maximum Gasteiger partial charge on any atom is 0.410 e. The van der Waals surface area contributed by atoms with E-state index in [1.54, 1.807) is 7.11 Å². The van der Waals surface area contributed by atoms with Crippen LogP contribution in [0, 0.1) is 0 Å². The molecule has 0 aliphatic carbocycles. The van der Waals surface area contributed by atoms with Crippen molar-refractivity contribution in [1.29, 1.82) is 0 Å². The number of esters is 1. The first kappa shape index (κ1) is 22.4. The van der Waals surface area contributed by atoms with Gasteiger partial charge >= 0.3 is 12.1 Å². The molecule has 0 fully saturated rings. The molecule has 1 heterocycles. The molecular formula is C25H29NO5. The molecule has 0 N–H and O–H groups in total. The Labute approximate surface area is 183 Å². The summed E-state index contributed by atoms with van der Waals surface area (Å²) < 4.78 is 16.1. The van der Waals surface area contributed by atoms with E-state index in [0.29, 0.717) is 24.3 Å². The second kappa shape index (κ2) is 9.25. The first-order valence-corrected chi connectivity index (χ1v) is 10.3. The maximum atomic E-state index is 12.7. The average molecular weight is 424 g/mol. The molecule has 0 aromatic heterocycles. The fourth-order valence-electron chi connectivity index (χ4n) is 3.61. The molecule has 1 aliphatic heterocycles. The largest absolute Gasteiger partial charge is 0.496 e. The van der Waals surface area contributed by atoms with Crippen molar-refractivity contribution in [2.75, 3.05) is 27.3 Å². The molecule has 1 amide bonds.